The van der Waals surface area contributed by atoms with Gasteiger partial charge in [-0.1, -0.05) is 230 Å². The fourth-order valence-electron chi connectivity index (χ4n) is 8.65. The number of likely N-dealkylation sites (N-methyl/N-ethyl adjacent to an activating group) is 1. The molecular weight excluding hydrogens is 928 g/mol. The van der Waals surface area contributed by atoms with Crippen LogP contribution < -0.4 is 5.32 Å². The zero-order chi connectivity index (χ0) is 53.6. The molecule has 0 aliphatic heterocycles. The van der Waals surface area contributed by atoms with E-state index >= 15 is 0 Å². The van der Waals surface area contributed by atoms with Gasteiger partial charge in [-0.3, -0.25) is 18.6 Å². The second-order valence-electron chi connectivity index (χ2n) is 21.9. The predicted molar refractivity (Wildman–Crippen MR) is 314 cm³/mol. The molecule has 3 atom stereocenters. The first-order valence-corrected chi connectivity index (χ1v) is 32.1. The molecule has 0 saturated heterocycles. The van der Waals surface area contributed by atoms with Crippen molar-refractivity contribution in [2.75, 3.05) is 40.9 Å². The first-order valence-electron chi connectivity index (χ1n) is 30.6. The summed E-state index contributed by atoms with van der Waals surface area (Å²) in [7, 11) is 1.48. The molecular formula is C63H118N2O7P+. The summed E-state index contributed by atoms with van der Waals surface area (Å²) >= 11 is 0. The molecule has 0 bridgehead atoms. The molecule has 0 aliphatic rings. The number of hydrogen-bond acceptors (Lipinski definition) is 6. The maximum Gasteiger partial charge on any atom is 0.472 e. The summed E-state index contributed by atoms with van der Waals surface area (Å²) in [5.41, 5.74) is 0. The number of esters is 1. The highest BCUT2D eigenvalue weighted by Crippen LogP contribution is 2.43. The molecule has 0 aliphatic carbocycles. The quantitative estimate of drug-likeness (QED) is 0.0205. The summed E-state index contributed by atoms with van der Waals surface area (Å²) in [5.74, 6) is -0.531. The number of hydrogen-bond donors (Lipinski definition) is 2. The number of carbonyl (C=O) groups is 2. The van der Waals surface area contributed by atoms with Gasteiger partial charge in [0.05, 0.1) is 33.8 Å². The van der Waals surface area contributed by atoms with E-state index in [1.807, 2.05) is 33.3 Å². The number of quaternary nitrogens is 1. The molecule has 0 heterocycles. The Bertz CT molecular complexity index is 1440. The number of ether oxygens (including phenoxy) is 1. The predicted octanol–water partition coefficient (Wildman–Crippen LogP) is 18.7. The van der Waals surface area contributed by atoms with Crippen molar-refractivity contribution in [1.82, 2.24) is 5.32 Å². The first kappa shape index (κ1) is 70.7. The van der Waals surface area contributed by atoms with Gasteiger partial charge >= 0.3 is 13.8 Å². The highest BCUT2D eigenvalue weighted by Gasteiger charge is 2.30. The van der Waals surface area contributed by atoms with E-state index in [4.69, 9.17) is 13.8 Å². The van der Waals surface area contributed by atoms with E-state index in [2.05, 4.69) is 74.7 Å². The third-order valence-corrected chi connectivity index (χ3v) is 14.4. The first-order chi connectivity index (χ1) is 35.4. The number of nitrogens with zero attached hydrogens (tertiary/aromatic N) is 1. The zero-order valence-electron chi connectivity index (χ0n) is 48.6. The lowest BCUT2D eigenvalue weighted by atomic mass is 10.0. The third-order valence-electron chi connectivity index (χ3n) is 13.4. The van der Waals surface area contributed by atoms with Crippen LogP contribution in [0.5, 0.6) is 0 Å². The molecule has 10 heteroatoms. The van der Waals surface area contributed by atoms with E-state index in [1.165, 1.54) is 148 Å². The molecule has 0 fully saturated rings. The zero-order valence-corrected chi connectivity index (χ0v) is 49.5. The Morgan fingerprint density at radius 3 is 1.29 bits per heavy atom. The van der Waals surface area contributed by atoms with Crippen molar-refractivity contribution in [3.63, 3.8) is 0 Å². The van der Waals surface area contributed by atoms with E-state index < -0.39 is 20.0 Å². The van der Waals surface area contributed by atoms with E-state index in [0.717, 1.165) is 96.3 Å². The van der Waals surface area contributed by atoms with E-state index in [0.29, 0.717) is 17.4 Å². The van der Waals surface area contributed by atoms with Crippen LogP contribution in [0.15, 0.2) is 60.8 Å². The van der Waals surface area contributed by atoms with Crippen molar-refractivity contribution in [2.24, 2.45) is 0 Å². The Kier molecular flexibility index (Phi) is 51.5. The van der Waals surface area contributed by atoms with Crippen molar-refractivity contribution in [3.8, 4) is 0 Å². The lowest BCUT2D eigenvalue weighted by Gasteiger charge is -2.27. The molecule has 0 aromatic carbocycles. The van der Waals surface area contributed by atoms with Gasteiger partial charge in [0.25, 0.3) is 0 Å². The molecule has 2 N–H and O–H groups in total. The number of rotatable bonds is 55. The van der Waals surface area contributed by atoms with Crippen molar-refractivity contribution >= 4 is 19.7 Å². The average molecular weight is 1050 g/mol. The fourth-order valence-corrected chi connectivity index (χ4v) is 9.38. The summed E-state index contributed by atoms with van der Waals surface area (Å²) in [4.78, 5) is 37.7. The van der Waals surface area contributed by atoms with E-state index in [1.54, 1.807) is 0 Å². The monoisotopic (exact) mass is 1050 g/mol. The van der Waals surface area contributed by atoms with Crippen LogP contribution in [0.1, 0.15) is 278 Å². The molecule has 3 unspecified atom stereocenters. The number of carbonyl (C=O) groups excluding carboxylic acids is 2. The molecule has 0 rings (SSSR count). The smallest absolute Gasteiger partial charge is 0.456 e. The second kappa shape index (κ2) is 53.1. The van der Waals surface area contributed by atoms with Crippen LogP contribution in [0.3, 0.4) is 0 Å². The van der Waals surface area contributed by atoms with Crippen molar-refractivity contribution in [2.45, 2.75) is 290 Å². The summed E-state index contributed by atoms with van der Waals surface area (Å²) in [6.07, 6.45) is 66.4. The van der Waals surface area contributed by atoms with Crippen molar-refractivity contribution in [3.05, 3.63) is 60.8 Å². The van der Waals surface area contributed by atoms with Crippen LogP contribution in [0.25, 0.3) is 0 Å². The normalized spacial score (nSPS) is 14.1. The minimum Gasteiger partial charge on any atom is -0.456 e. The lowest BCUT2D eigenvalue weighted by molar-refractivity contribution is -0.870. The van der Waals surface area contributed by atoms with Crippen LogP contribution >= 0.6 is 7.82 Å². The minimum absolute atomic E-state index is 0.0340. The highest BCUT2D eigenvalue weighted by molar-refractivity contribution is 7.47. The van der Waals surface area contributed by atoms with Gasteiger partial charge in [0.15, 0.2) is 0 Å². The number of phosphoric ester groups is 1. The Hall–Kier alpha value is -2.29. The van der Waals surface area contributed by atoms with Gasteiger partial charge in [0.2, 0.25) is 5.91 Å². The number of unbranched alkanes of at least 4 members (excludes halogenated alkanes) is 31. The summed E-state index contributed by atoms with van der Waals surface area (Å²) in [6.45, 7) is 6.97. The Balaban J connectivity index is 5.36. The second-order valence-corrected chi connectivity index (χ2v) is 23.3. The number of amides is 1. The fraction of sp³-hybridized carbons (Fsp3) is 0.810. The van der Waals surface area contributed by atoms with Gasteiger partial charge in [-0.05, 0) is 96.0 Å². The van der Waals surface area contributed by atoms with Crippen molar-refractivity contribution in [1.29, 1.82) is 0 Å². The third kappa shape index (κ3) is 54.3. The van der Waals surface area contributed by atoms with Crippen LogP contribution in [0, 0.1) is 0 Å². The molecule has 0 spiro atoms. The molecule has 0 radical (unpaired) electrons. The van der Waals surface area contributed by atoms with Crippen LogP contribution in [0.2, 0.25) is 0 Å². The Morgan fingerprint density at radius 2 is 0.836 bits per heavy atom. The van der Waals surface area contributed by atoms with E-state index in [-0.39, 0.29) is 31.5 Å². The standard InChI is InChI=1S/C63H117N2O7P/c1-7-10-13-16-19-22-25-28-30-32-34-37-40-43-46-49-52-55-62(66)64-60(59-71-73(68,69)70-58-57-65(4,5)6)61(54-51-48-45-42-39-36-27-24-21-18-15-12-9-3)72-63(67)56-53-50-47-44-41-38-35-33-31-29-26-23-20-17-14-11-8-2/h19,22,28-31,34,37,51,54,60-61H,7-18,20-21,23-27,32-33,35-36,38-50,52-53,55-59H2,1-6H3,(H-,64,66,68,69)/p+1/b22-19-,30-28-,31-29+,37-34-,54-51+. The number of allylic oxidation sites excluding steroid dienone is 9. The van der Waals surface area contributed by atoms with Gasteiger partial charge in [-0.2, -0.15) is 0 Å². The Morgan fingerprint density at radius 1 is 0.479 bits per heavy atom. The maximum absolute atomic E-state index is 13.5. The molecule has 0 saturated carbocycles. The molecule has 1 amide bonds. The van der Waals surface area contributed by atoms with Crippen molar-refractivity contribution < 1.29 is 37.3 Å². The largest absolute Gasteiger partial charge is 0.472 e. The van der Waals surface area contributed by atoms with Crippen LogP contribution in [-0.4, -0.2) is 74.3 Å². The number of phosphoric acid groups is 1. The number of nitrogens with one attached hydrogen (secondary N) is 1. The molecule has 73 heavy (non-hydrogen) atoms. The van der Waals surface area contributed by atoms with E-state index in [9.17, 15) is 19.0 Å². The van der Waals surface area contributed by atoms with Gasteiger partial charge < -0.3 is 19.4 Å². The van der Waals surface area contributed by atoms with Crippen LogP contribution in [-0.2, 0) is 27.9 Å². The summed E-state index contributed by atoms with van der Waals surface area (Å²) in [6, 6.07) is -0.862. The molecule has 0 aromatic heterocycles. The molecule has 0 aromatic rings. The molecule has 9 nitrogen and oxygen atoms in total. The van der Waals surface area contributed by atoms with Crippen LogP contribution in [0.4, 0.5) is 0 Å². The summed E-state index contributed by atoms with van der Waals surface area (Å²) < 4.78 is 30.7. The van der Waals surface area contributed by atoms with Gasteiger partial charge in [-0.15, -0.1) is 0 Å². The topological polar surface area (TPSA) is 111 Å². The van der Waals surface area contributed by atoms with Gasteiger partial charge in [-0.25, -0.2) is 4.57 Å². The SMILES string of the molecule is CCCCC/C=C\C/C=C\C/C=C\CCCCCCC(=O)NC(COP(=O)(O)OCC[N+](C)(C)C)C(/C=C/CCCCCCCCCCCCC)OC(=O)CCCCCCCCC/C=C/CCCCCCCC. The van der Waals surface area contributed by atoms with Gasteiger partial charge in [0, 0.05) is 12.8 Å². The maximum atomic E-state index is 13.5. The van der Waals surface area contributed by atoms with Gasteiger partial charge in [0.1, 0.15) is 19.3 Å². The Labute approximate surface area is 451 Å². The lowest BCUT2D eigenvalue weighted by Crippen LogP contribution is -2.47. The molecule has 426 valence electrons. The summed E-state index contributed by atoms with van der Waals surface area (Å²) in [5, 5.41) is 3.04. The average Bonchev–Trinajstić information content (AvgIpc) is 3.35. The minimum atomic E-state index is -4.46. The highest BCUT2D eigenvalue weighted by atomic mass is 31.2.